The number of nitrogens with one attached hydrogen (secondary N) is 3. The van der Waals surface area contributed by atoms with Crippen LogP contribution in [0.15, 0.2) is 29.8 Å². The van der Waals surface area contributed by atoms with Gasteiger partial charge in [-0.2, -0.15) is 0 Å². The van der Waals surface area contributed by atoms with Crippen molar-refractivity contribution in [3.63, 3.8) is 0 Å². The van der Waals surface area contributed by atoms with E-state index in [1.54, 1.807) is 37.0 Å². The molecule has 3 rings (SSSR count). The third-order valence-corrected chi connectivity index (χ3v) is 8.03. The minimum absolute atomic E-state index is 0.0120. The number of aromatic nitrogens is 1. The number of aryl methyl sites for hydroxylation is 1. The summed E-state index contributed by atoms with van der Waals surface area (Å²) in [6.07, 6.45) is 0.635. The Morgan fingerprint density at radius 2 is 1.74 bits per heavy atom. The van der Waals surface area contributed by atoms with Crippen LogP contribution in [0.1, 0.15) is 85.0 Å². The van der Waals surface area contributed by atoms with Crippen molar-refractivity contribution in [3.8, 4) is 10.4 Å². The predicted molar refractivity (Wildman–Crippen MR) is 164 cm³/mol. The molecule has 1 aromatic carbocycles. The van der Waals surface area contributed by atoms with Crippen molar-refractivity contribution in [2.75, 3.05) is 13.1 Å². The van der Waals surface area contributed by atoms with Crippen LogP contribution in [-0.4, -0.2) is 64.5 Å². The molecule has 1 fully saturated rings. The van der Waals surface area contributed by atoms with E-state index in [2.05, 4.69) is 20.9 Å². The lowest BCUT2D eigenvalue weighted by atomic mass is 9.85. The van der Waals surface area contributed by atoms with E-state index in [-0.39, 0.29) is 36.7 Å². The van der Waals surface area contributed by atoms with Crippen LogP contribution in [0.4, 0.5) is 4.79 Å². The molecule has 0 unspecified atom stereocenters. The topological polar surface area (TPSA) is 130 Å². The number of rotatable bonds is 9. The van der Waals surface area contributed by atoms with E-state index in [9.17, 15) is 19.2 Å². The minimum Gasteiger partial charge on any atom is -0.444 e. The van der Waals surface area contributed by atoms with Crippen molar-refractivity contribution in [3.05, 3.63) is 41.0 Å². The molecule has 0 spiro atoms. The number of ether oxygens (including phenoxy) is 1. The van der Waals surface area contributed by atoms with Gasteiger partial charge >= 0.3 is 6.09 Å². The molecule has 0 radical (unpaired) electrons. The summed E-state index contributed by atoms with van der Waals surface area (Å²) < 4.78 is 5.19. The molecule has 1 aromatic heterocycles. The molecule has 2 heterocycles. The SMILES string of the molecule is Cc1ncsc1-c1ccc([C@H](C)NC(=O)[C@@H]2CCCN2C(=O)[C@@H](NC(=O)CCNC(=O)OC(C)(C)C)C(C)(C)C)cc1. The van der Waals surface area contributed by atoms with Gasteiger partial charge in [0.05, 0.1) is 22.1 Å². The molecule has 42 heavy (non-hydrogen) atoms. The molecule has 230 valence electrons. The van der Waals surface area contributed by atoms with Gasteiger partial charge in [0, 0.05) is 19.5 Å². The van der Waals surface area contributed by atoms with Gasteiger partial charge in [-0.05, 0) is 64.0 Å². The van der Waals surface area contributed by atoms with Gasteiger partial charge in [0.15, 0.2) is 0 Å². The van der Waals surface area contributed by atoms with Crippen LogP contribution in [0.2, 0.25) is 0 Å². The largest absolute Gasteiger partial charge is 0.444 e. The molecule has 1 aliphatic heterocycles. The van der Waals surface area contributed by atoms with E-state index in [1.807, 2.05) is 64.4 Å². The van der Waals surface area contributed by atoms with Gasteiger partial charge in [-0.25, -0.2) is 9.78 Å². The second kappa shape index (κ2) is 13.7. The summed E-state index contributed by atoms with van der Waals surface area (Å²) in [6.45, 7) is 15.3. The first-order valence-electron chi connectivity index (χ1n) is 14.4. The summed E-state index contributed by atoms with van der Waals surface area (Å²) in [5.41, 5.74) is 3.63. The minimum atomic E-state index is -0.833. The highest BCUT2D eigenvalue weighted by molar-refractivity contribution is 7.13. The van der Waals surface area contributed by atoms with E-state index in [0.717, 1.165) is 21.7 Å². The molecule has 3 atom stereocenters. The lowest BCUT2D eigenvalue weighted by Gasteiger charge is -2.35. The van der Waals surface area contributed by atoms with Crippen LogP contribution in [0.5, 0.6) is 0 Å². The molecule has 0 bridgehead atoms. The lowest BCUT2D eigenvalue weighted by Crippen LogP contribution is -2.58. The Morgan fingerprint density at radius 1 is 1.07 bits per heavy atom. The summed E-state index contributed by atoms with van der Waals surface area (Å²) in [4.78, 5) is 58.8. The molecular weight excluding hydrogens is 554 g/mol. The summed E-state index contributed by atoms with van der Waals surface area (Å²) in [7, 11) is 0. The summed E-state index contributed by atoms with van der Waals surface area (Å²) >= 11 is 1.59. The fourth-order valence-electron chi connectivity index (χ4n) is 4.84. The highest BCUT2D eigenvalue weighted by Gasteiger charge is 2.42. The van der Waals surface area contributed by atoms with Crippen molar-refractivity contribution in [1.82, 2.24) is 25.8 Å². The number of alkyl carbamates (subject to hydrolysis) is 1. The van der Waals surface area contributed by atoms with Gasteiger partial charge in [0.25, 0.3) is 0 Å². The number of carbonyl (C=O) groups excluding carboxylic acids is 4. The van der Waals surface area contributed by atoms with Crippen molar-refractivity contribution in [2.24, 2.45) is 5.41 Å². The number of hydrogen-bond donors (Lipinski definition) is 3. The van der Waals surface area contributed by atoms with Crippen molar-refractivity contribution >= 4 is 35.2 Å². The predicted octanol–water partition coefficient (Wildman–Crippen LogP) is 4.73. The van der Waals surface area contributed by atoms with Crippen LogP contribution < -0.4 is 16.0 Å². The van der Waals surface area contributed by atoms with E-state index in [0.29, 0.717) is 19.4 Å². The number of carbonyl (C=O) groups is 4. The molecule has 0 saturated carbocycles. The van der Waals surface area contributed by atoms with Gasteiger partial charge < -0.3 is 25.6 Å². The zero-order valence-electron chi connectivity index (χ0n) is 26.0. The molecule has 2 aromatic rings. The smallest absolute Gasteiger partial charge is 0.407 e. The number of hydrogen-bond acceptors (Lipinski definition) is 7. The second-order valence-corrected chi connectivity index (χ2v) is 13.7. The molecule has 10 nitrogen and oxygen atoms in total. The number of thiazole rings is 1. The average molecular weight is 600 g/mol. The van der Waals surface area contributed by atoms with Crippen LogP contribution in [-0.2, 0) is 19.1 Å². The maximum atomic E-state index is 13.8. The molecule has 4 amide bonds. The van der Waals surface area contributed by atoms with Gasteiger partial charge in [-0.15, -0.1) is 11.3 Å². The maximum absolute atomic E-state index is 13.8. The highest BCUT2D eigenvalue weighted by atomic mass is 32.1. The summed E-state index contributed by atoms with van der Waals surface area (Å²) in [5, 5.41) is 8.48. The van der Waals surface area contributed by atoms with Crippen molar-refractivity contribution < 1.29 is 23.9 Å². The molecular formula is C31H45N5O5S. The third-order valence-electron chi connectivity index (χ3n) is 7.05. The molecule has 0 aliphatic carbocycles. The molecule has 3 N–H and O–H groups in total. The zero-order valence-corrected chi connectivity index (χ0v) is 26.8. The van der Waals surface area contributed by atoms with E-state index >= 15 is 0 Å². The van der Waals surface area contributed by atoms with Crippen LogP contribution in [0.3, 0.4) is 0 Å². The lowest BCUT2D eigenvalue weighted by molar-refractivity contribution is -0.144. The van der Waals surface area contributed by atoms with Gasteiger partial charge in [-0.3, -0.25) is 14.4 Å². The Balaban J connectivity index is 1.60. The average Bonchev–Trinajstić information content (AvgIpc) is 3.54. The summed E-state index contributed by atoms with van der Waals surface area (Å²) in [6, 6.07) is 6.37. The van der Waals surface area contributed by atoms with Crippen molar-refractivity contribution in [2.45, 2.75) is 98.4 Å². The van der Waals surface area contributed by atoms with Crippen LogP contribution >= 0.6 is 11.3 Å². The Labute approximate surface area is 253 Å². The Hall–Kier alpha value is -3.47. The van der Waals surface area contributed by atoms with Gasteiger partial charge in [0.1, 0.15) is 17.7 Å². The summed E-state index contributed by atoms with van der Waals surface area (Å²) in [5.74, 6) is -0.869. The Kier molecular flexibility index (Phi) is 10.8. The number of benzene rings is 1. The fourth-order valence-corrected chi connectivity index (χ4v) is 5.65. The van der Waals surface area contributed by atoms with Gasteiger partial charge in [0.2, 0.25) is 17.7 Å². The number of nitrogens with zero attached hydrogens (tertiary/aromatic N) is 2. The third kappa shape index (κ3) is 9.01. The van der Waals surface area contributed by atoms with Crippen LogP contribution in [0.25, 0.3) is 10.4 Å². The van der Waals surface area contributed by atoms with Crippen LogP contribution in [0, 0.1) is 12.3 Å². The quantitative estimate of drug-likeness (QED) is 0.382. The normalized spacial score (nSPS) is 16.9. The highest BCUT2D eigenvalue weighted by Crippen LogP contribution is 2.29. The first kappa shape index (κ1) is 33.0. The molecule has 1 saturated heterocycles. The first-order chi connectivity index (χ1) is 19.6. The fraction of sp³-hybridized carbons (Fsp3) is 0.581. The Bertz CT molecular complexity index is 1260. The second-order valence-electron chi connectivity index (χ2n) is 12.9. The zero-order chi connectivity index (χ0) is 31.2. The number of amides is 4. The van der Waals surface area contributed by atoms with E-state index in [4.69, 9.17) is 4.74 Å². The first-order valence-corrected chi connectivity index (χ1v) is 15.3. The van der Waals surface area contributed by atoms with Crippen molar-refractivity contribution in [1.29, 1.82) is 0 Å². The maximum Gasteiger partial charge on any atom is 0.407 e. The van der Waals surface area contributed by atoms with E-state index in [1.165, 1.54) is 0 Å². The Morgan fingerprint density at radius 3 is 2.31 bits per heavy atom. The van der Waals surface area contributed by atoms with E-state index < -0.39 is 29.2 Å². The van der Waals surface area contributed by atoms with Gasteiger partial charge in [-0.1, -0.05) is 45.0 Å². The molecule has 1 aliphatic rings. The molecule has 11 heteroatoms. The standard InChI is InChI=1S/C31H45N5O5S/c1-19(21-11-13-22(14-12-21)25-20(2)33-18-42-25)34-27(38)23-10-9-17-36(23)28(39)26(30(3,4)5)35-24(37)15-16-32-29(40)41-31(6,7)8/h11-14,18-19,23,26H,9-10,15-17H2,1-8H3,(H,32,40)(H,34,38)(H,35,37)/t19-,23-,26+/m0/s1. The number of likely N-dealkylation sites (tertiary alicyclic amines) is 1. The monoisotopic (exact) mass is 599 g/mol.